The first kappa shape index (κ1) is 16.9. The smallest absolute Gasteiger partial charge is 0.232 e. The largest absolute Gasteiger partial charge is 0.462 e. The fourth-order valence-electron chi connectivity index (χ4n) is 2.78. The lowest BCUT2D eigenvalue weighted by atomic mass is 10.2. The molecular weight excluding hydrogens is 394 g/mol. The topological polar surface area (TPSA) is 81.2 Å². The van der Waals surface area contributed by atoms with Gasteiger partial charge in [-0.05, 0) is 24.3 Å². The number of benzene rings is 1. The van der Waals surface area contributed by atoms with Crippen molar-refractivity contribution in [3.8, 4) is 22.2 Å². The van der Waals surface area contributed by atoms with E-state index in [1.54, 1.807) is 6.26 Å². The van der Waals surface area contributed by atoms with E-state index in [2.05, 4.69) is 15.3 Å². The molecule has 0 bridgehead atoms. The maximum atomic E-state index is 12.3. The van der Waals surface area contributed by atoms with Gasteiger partial charge in [0, 0.05) is 16.1 Å². The second kappa shape index (κ2) is 7.06. The standard InChI is InChI=1S/C20H13N3O3S2/c24-18(9-13-10-27-19(21-13)16-6-3-7-25-16)23-20-22-14(11-28-20)17-8-12-4-1-2-5-15(12)26-17/h1-8,10-11H,9H2,(H,22,23,24). The summed E-state index contributed by atoms with van der Waals surface area (Å²) in [6.07, 6.45) is 1.78. The number of carbonyl (C=O) groups is 1. The molecule has 0 aliphatic heterocycles. The summed E-state index contributed by atoms with van der Waals surface area (Å²) >= 11 is 2.81. The van der Waals surface area contributed by atoms with Crippen LogP contribution in [0.3, 0.4) is 0 Å². The first-order valence-corrected chi connectivity index (χ1v) is 10.2. The number of anilines is 1. The number of para-hydroxylation sites is 1. The number of nitrogens with one attached hydrogen (secondary N) is 1. The lowest BCUT2D eigenvalue weighted by Gasteiger charge is -1.99. The molecule has 0 fully saturated rings. The summed E-state index contributed by atoms with van der Waals surface area (Å²) in [6.45, 7) is 0. The van der Waals surface area contributed by atoms with Gasteiger partial charge in [-0.1, -0.05) is 18.2 Å². The molecule has 8 heteroatoms. The molecule has 28 heavy (non-hydrogen) atoms. The van der Waals surface area contributed by atoms with Crippen molar-refractivity contribution in [1.82, 2.24) is 9.97 Å². The van der Waals surface area contributed by atoms with E-state index >= 15 is 0 Å². The molecule has 0 radical (unpaired) electrons. The minimum absolute atomic E-state index is 0.165. The van der Waals surface area contributed by atoms with Gasteiger partial charge in [-0.2, -0.15) is 0 Å². The van der Waals surface area contributed by atoms with Gasteiger partial charge in [0.15, 0.2) is 21.7 Å². The monoisotopic (exact) mass is 407 g/mol. The van der Waals surface area contributed by atoms with Gasteiger partial charge in [-0.25, -0.2) is 9.97 Å². The van der Waals surface area contributed by atoms with Crippen LogP contribution >= 0.6 is 22.7 Å². The second-order valence-corrected chi connectivity index (χ2v) is 7.75. The summed E-state index contributed by atoms with van der Waals surface area (Å²) in [7, 11) is 0. The fraction of sp³-hybridized carbons (Fsp3) is 0.0500. The fourth-order valence-corrected chi connectivity index (χ4v) is 4.28. The third kappa shape index (κ3) is 3.35. The van der Waals surface area contributed by atoms with E-state index in [1.807, 2.05) is 53.2 Å². The predicted molar refractivity (Wildman–Crippen MR) is 109 cm³/mol. The Bertz CT molecular complexity index is 1220. The minimum atomic E-state index is -0.165. The molecule has 0 atom stereocenters. The maximum absolute atomic E-state index is 12.3. The third-order valence-corrected chi connectivity index (χ3v) is 5.72. The minimum Gasteiger partial charge on any atom is -0.462 e. The number of rotatable bonds is 5. The summed E-state index contributed by atoms with van der Waals surface area (Å²) in [5.74, 6) is 1.22. The molecule has 5 rings (SSSR count). The van der Waals surface area contributed by atoms with Crippen LogP contribution in [-0.2, 0) is 11.2 Å². The van der Waals surface area contributed by atoms with Crippen molar-refractivity contribution in [2.75, 3.05) is 5.32 Å². The average Bonchev–Trinajstić information content (AvgIpc) is 3.47. The molecule has 0 spiro atoms. The van der Waals surface area contributed by atoms with Crippen molar-refractivity contribution in [3.63, 3.8) is 0 Å². The molecule has 5 aromatic rings. The lowest BCUT2D eigenvalue weighted by molar-refractivity contribution is -0.115. The van der Waals surface area contributed by atoms with Gasteiger partial charge < -0.3 is 14.2 Å². The molecule has 138 valence electrons. The molecule has 0 aliphatic rings. The number of amides is 1. The van der Waals surface area contributed by atoms with Crippen molar-refractivity contribution < 1.29 is 13.6 Å². The molecule has 0 aliphatic carbocycles. The number of nitrogens with zero attached hydrogens (tertiary/aromatic N) is 2. The molecule has 6 nitrogen and oxygen atoms in total. The predicted octanol–water partition coefficient (Wildman–Crippen LogP) is 5.45. The first-order chi connectivity index (χ1) is 13.7. The first-order valence-electron chi connectivity index (χ1n) is 8.47. The summed E-state index contributed by atoms with van der Waals surface area (Å²) < 4.78 is 11.2. The number of hydrogen-bond donors (Lipinski definition) is 1. The highest BCUT2D eigenvalue weighted by Gasteiger charge is 2.14. The Hall–Kier alpha value is -3.23. The third-order valence-electron chi connectivity index (χ3n) is 4.05. The van der Waals surface area contributed by atoms with Crippen LogP contribution in [0.25, 0.3) is 33.2 Å². The molecule has 4 aromatic heterocycles. The molecule has 0 saturated heterocycles. The van der Waals surface area contributed by atoms with Crippen molar-refractivity contribution in [3.05, 3.63) is 65.2 Å². The average molecular weight is 407 g/mol. The number of aromatic nitrogens is 2. The van der Waals surface area contributed by atoms with Crippen LogP contribution in [0, 0.1) is 0 Å². The number of fused-ring (bicyclic) bond motifs is 1. The van der Waals surface area contributed by atoms with Gasteiger partial charge in [0.2, 0.25) is 5.91 Å². The maximum Gasteiger partial charge on any atom is 0.232 e. The van der Waals surface area contributed by atoms with Crippen molar-refractivity contribution >= 4 is 44.7 Å². The second-order valence-electron chi connectivity index (χ2n) is 6.03. The highest BCUT2D eigenvalue weighted by molar-refractivity contribution is 7.14. The highest BCUT2D eigenvalue weighted by atomic mass is 32.1. The summed E-state index contributed by atoms with van der Waals surface area (Å²) in [5.41, 5.74) is 2.21. The van der Waals surface area contributed by atoms with Gasteiger partial charge in [0.05, 0.1) is 18.4 Å². The van der Waals surface area contributed by atoms with E-state index in [9.17, 15) is 4.79 Å². The van der Waals surface area contributed by atoms with Crippen molar-refractivity contribution in [2.45, 2.75) is 6.42 Å². The van der Waals surface area contributed by atoms with Crippen molar-refractivity contribution in [2.24, 2.45) is 0 Å². The van der Waals surface area contributed by atoms with E-state index < -0.39 is 0 Å². The number of hydrogen-bond acceptors (Lipinski definition) is 7. The molecule has 1 aromatic carbocycles. The van der Waals surface area contributed by atoms with Crippen LogP contribution < -0.4 is 5.32 Å². The number of thiazole rings is 2. The van der Waals surface area contributed by atoms with Gasteiger partial charge in [0.25, 0.3) is 0 Å². The van der Waals surface area contributed by atoms with Gasteiger partial charge >= 0.3 is 0 Å². The zero-order valence-corrected chi connectivity index (χ0v) is 16.0. The van der Waals surface area contributed by atoms with Crippen LogP contribution in [0.5, 0.6) is 0 Å². The van der Waals surface area contributed by atoms with E-state index in [-0.39, 0.29) is 12.3 Å². The van der Waals surface area contributed by atoms with E-state index in [0.29, 0.717) is 28.0 Å². The zero-order chi connectivity index (χ0) is 18.9. The van der Waals surface area contributed by atoms with E-state index in [1.165, 1.54) is 22.7 Å². The van der Waals surface area contributed by atoms with Crippen LogP contribution in [0.2, 0.25) is 0 Å². The molecular formula is C20H13N3O3S2. The van der Waals surface area contributed by atoms with Gasteiger partial charge in [-0.3, -0.25) is 4.79 Å². The van der Waals surface area contributed by atoms with Crippen LogP contribution in [0.1, 0.15) is 5.69 Å². The Labute approximate surface area is 167 Å². The Morgan fingerprint density at radius 3 is 2.82 bits per heavy atom. The van der Waals surface area contributed by atoms with Gasteiger partial charge in [-0.15, -0.1) is 22.7 Å². The van der Waals surface area contributed by atoms with E-state index in [4.69, 9.17) is 8.83 Å². The highest BCUT2D eigenvalue weighted by Crippen LogP contribution is 2.30. The van der Waals surface area contributed by atoms with Crippen LogP contribution in [0.4, 0.5) is 5.13 Å². The SMILES string of the molecule is O=C(Cc1csc(-c2ccco2)n1)Nc1nc(-c2cc3ccccc3o2)cs1. The van der Waals surface area contributed by atoms with Crippen molar-refractivity contribution in [1.29, 1.82) is 0 Å². The summed E-state index contributed by atoms with van der Waals surface area (Å²) in [6, 6.07) is 13.4. The van der Waals surface area contributed by atoms with E-state index in [0.717, 1.165) is 16.0 Å². The Kier molecular flexibility index (Phi) is 4.27. The zero-order valence-electron chi connectivity index (χ0n) is 14.4. The number of carbonyl (C=O) groups excluding carboxylic acids is 1. The molecule has 1 N–H and O–H groups in total. The summed E-state index contributed by atoms with van der Waals surface area (Å²) in [4.78, 5) is 21.2. The Morgan fingerprint density at radius 2 is 1.96 bits per heavy atom. The quantitative estimate of drug-likeness (QED) is 0.419. The Balaban J connectivity index is 1.27. The normalized spacial score (nSPS) is 11.1. The molecule has 0 unspecified atom stereocenters. The molecule has 0 saturated carbocycles. The van der Waals surface area contributed by atoms with Crippen LogP contribution in [0.15, 0.2) is 68.3 Å². The molecule has 1 amide bonds. The van der Waals surface area contributed by atoms with Crippen LogP contribution in [-0.4, -0.2) is 15.9 Å². The lowest BCUT2D eigenvalue weighted by Crippen LogP contribution is -2.14. The number of furan rings is 2. The summed E-state index contributed by atoms with van der Waals surface area (Å²) in [5, 5.41) is 8.86. The Morgan fingerprint density at radius 1 is 1.04 bits per heavy atom. The molecule has 4 heterocycles. The van der Waals surface area contributed by atoms with Gasteiger partial charge in [0.1, 0.15) is 11.3 Å².